The van der Waals surface area contributed by atoms with Gasteiger partial charge < -0.3 is 15.0 Å². The van der Waals surface area contributed by atoms with Crippen LogP contribution in [0.1, 0.15) is 65.7 Å². The summed E-state index contributed by atoms with van der Waals surface area (Å²) >= 11 is 0. The molecule has 1 saturated heterocycles. The van der Waals surface area contributed by atoms with Gasteiger partial charge in [-0.3, -0.25) is 9.59 Å². The van der Waals surface area contributed by atoms with Crippen LogP contribution in [0, 0.1) is 17.3 Å². The number of pyridine rings is 1. The summed E-state index contributed by atoms with van der Waals surface area (Å²) in [5.74, 6) is 1.76. The zero-order chi connectivity index (χ0) is 20.9. The topological polar surface area (TPSA) is 71.5 Å². The monoisotopic (exact) mass is 401 g/mol. The highest BCUT2D eigenvalue weighted by molar-refractivity contribution is 5.93. The number of rotatable bonds is 5. The first-order chi connectivity index (χ1) is 13.8. The molecule has 0 atom stereocenters. The lowest BCUT2D eigenvalue weighted by atomic mass is 9.90. The van der Waals surface area contributed by atoms with Gasteiger partial charge in [-0.15, -0.1) is 0 Å². The number of nitrogens with zero attached hydrogens (tertiary/aromatic N) is 2. The van der Waals surface area contributed by atoms with Gasteiger partial charge in [-0.2, -0.15) is 0 Å². The Morgan fingerprint density at radius 2 is 1.83 bits per heavy atom. The van der Waals surface area contributed by atoms with Gasteiger partial charge in [-0.25, -0.2) is 4.98 Å². The van der Waals surface area contributed by atoms with Gasteiger partial charge in [0.15, 0.2) is 11.6 Å². The Labute approximate surface area is 174 Å². The predicted molar refractivity (Wildman–Crippen MR) is 114 cm³/mol. The van der Waals surface area contributed by atoms with Crippen LogP contribution in [-0.4, -0.2) is 41.4 Å². The fourth-order valence-electron chi connectivity index (χ4n) is 4.20. The molecular weight excluding hydrogens is 366 g/mol. The molecule has 2 aliphatic rings. The van der Waals surface area contributed by atoms with E-state index in [1.54, 1.807) is 6.20 Å². The van der Waals surface area contributed by atoms with Crippen LogP contribution >= 0.6 is 0 Å². The smallest absolute Gasteiger partial charge is 0.228 e. The normalized spacial score (nSPS) is 19.1. The summed E-state index contributed by atoms with van der Waals surface area (Å²) in [5, 5.41) is 2.96. The molecule has 0 unspecified atom stereocenters. The summed E-state index contributed by atoms with van der Waals surface area (Å²) in [6, 6.07) is 3.71. The Bertz CT molecular complexity index is 700. The molecule has 1 aromatic rings. The molecule has 1 aliphatic heterocycles. The quantitative estimate of drug-likeness (QED) is 0.800. The third kappa shape index (κ3) is 5.94. The number of likely N-dealkylation sites (tertiary alicyclic amines) is 1. The van der Waals surface area contributed by atoms with Crippen molar-refractivity contribution in [2.45, 2.75) is 65.7 Å². The first kappa shape index (κ1) is 21.6. The number of nitrogens with one attached hydrogen (secondary N) is 1. The average Bonchev–Trinajstić information content (AvgIpc) is 2.73. The molecule has 1 aromatic heterocycles. The number of hydrogen-bond donors (Lipinski definition) is 1. The Hall–Kier alpha value is -2.11. The number of amides is 2. The van der Waals surface area contributed by atoms with E-state index in [1.165, 1.54) is 32.1 Å². The van der Waals surface area contributed by atoms with Gasteiger partial charge in [0.25, 0.3) is 0 Å². The second-order valence-electron chi connectivity index (χ2n) is 9.47. The molecular formula is C23H35N3O3. The van der Waals surface area contributed by atoms with Gasteiger partial charge in [-0.1, -0.05) is 40.0 Å². The van der Waals surface area contributed by atoms with Crippen molar-refractivity contribution < 1.29 is 14.3 Å². The lowest BCUT2D eigenvalue weighted by Gasteiger charge is -2.35. The molecule has 6 nitrogen and oxygen atoms in total. The molecule has 2 fully saturated rings. The van der Waals surface area contributed by atoms with Gasteiger partial charge in [0.1, 0.15) is 0 Å². The van der Waals surface area contributed by atoms with Crippen LogP contribution < -0.4 is 10.1 Å². The van der Waals surface area contributed by atoms with Gasteiger partial charge >= 0.3 is 0 Å². The number of anilines is 1. The Kier molecular flexibility index (Phi) is 7.14. The summed E-state index contributed by atoms with van der Waals surface area (Å²) in [7, 11) is 0. The lowest BCUT2D eigenvalue weighted by Crippen LogP contribution is -2.45. The molecule has 160 valence electrons. The number of carbonyl (C=O) groups excluding carboxylic acids is 2. The van der Waals surface area contributed by atoms with E-state index in [-0.39, 0.29) is 23.1 Å². The zero-order valence-electron chi connectivity index (χ0n) is 18.1. The van der Waals surface area contributed by atoms with Crippen molar-refractivity contribution >= 4 is 17.6 Å². The molecule has 0 bridgehead atoms. The summed E-state index contributed by atoms with van der Waals surface area (Å²) in [6.45, 7) is 7.74. The molecule has 0 aromatic carbocycles. The molecule has 1 aliphatic carbocycles. The van der Waals surface area contributed by atoms with Crippen molar-refractivity contribution in [2.75, 3.05) is 25.0 Å². The van der Waals surface area contributed by atoms with Crippen LogP contribution in [0.3, 0.4) is 0 Å². The number of piperidine rings is 1. The van der Waals surface area contributed by atoms with E-state index >= 15 is 0 Å². The predicted octanol–water partition coefficient (Wildman–Crippen LogP) is 4.26. The van der Waals surface area contributed by atoms with Gasteiger partial charge in [0, 0.05) is 30.6 Å². The van der Waals surface area contributed by atoms with Crippen LogP contribution in [0.5, 0.6) is 5.75 Å². The Morgan fingerprint density at radius 3 is 2.48 bits per heavy atom. The van der Waals surface area contributed by atoms with Crippen molar-refractivity contribution in [2.24, 2.45) is 17.3 Å². The van der Waals surface area contributed by atoms with E-state index in [0.717, 1.165) is 0 Å². The largest absolute Gasteiger partial charge is 0.489 e. The highest BCUT2D eigenvalue weighted by Crippen LogP contribution is 2.28. The number of ether oxygens (including phenoxy) is 1. The second kappa shape index (κ2) is 9.59. The fraction of sp³-hybridized carbons (Fsp3) is 0.696. The molecule has 3 rings (SSSR count). The summed E-state index contributed by atoms with van der Waals surface area (Å²) in [5.41, 5.74) is -0.381. The van der Waals surface area contributed by atoms with Crippen LogP contribution in [-0.2, 0) is 9.59 Å². The maximum Gasteiger partial charge on any atom is 0.228 e. The standard InChI is InChI=1S/C23H35N3O3/c1-23(2,3)22(28)26-14-11-18(12-15-26)21(27)25-20-19(10-7-13-24-20)29-16-17-8-5-4-6-9-17/h7,10,13,17-18H,4-6,8-9,11-12,14-16H2,1-3H3,(H,24,25,27). The highest BCUT2D eigenvalue weighted by atomic mass is 16.5. The molecule has 29 heavy (non-hydrogen) atoms. The Morgan fingerprint density at radius 1 is 1.14 bits per heavy atom. The van der Waals surface area contributed by atoms with E-state index in [1.807, 2.05) is 37.8 Å². The Balaban J connectivity index is 1.52. The van der Waals surface area contributed by atoms with Crippen molar-refractivity contribution in [1.29, 1.82) is 0 Å². The summed E-state index contributed by atoms with van der Waals surface area (Å²) in [4.78, 5) is 31.4. The van der Waals surface area contributed by atoms with Gasteiger partial charge in [0.05, 0.1) is 6.61 Å². The first-order valence-corrected chi connectivity index (χ1v) is 11.0. The minimum Gasteiger partial charge on any atom is -0.489 e. The summed E-state index contributed by atoms with van der Waals surface area (Å²) in [6.07, 6.45) is 9.35. The second-order valence-corrected chi connectivity index (χ2v) is 9.47. The third-order valence-electron chi connectivity index (χ3n) is 6.01. The molecule has 2 heterocycles. The maximum absolute atomic E-state index is 12.8. The van der Waals surface area contributed by atoms with Crippen LogP contribution in [0.2, 0.25) is 0 Å². The van der Waals surface area contributed by atoms with E-state index in [0.29, 0.717) is 50.0 Å². The van der Waals surface area contributed by atoms with Gasteiger partial charge in [-0.05, 0) is 43.7 Å². The maximum atomic E-state index is 12.8. The first-order valence-electron chi connectivity index (χ1n) is 11.0. The van der Waals surface area contributed by atoms with Crippen LogP contribution in [0.15, 0.2) is 18.3 Å². The molecule has 0 spiro atoms. The molecule has 1 saturated carbocycles. The number of hydrogen-bond acceptors (Lipinski definition) is 4. The van der Waals surface area contributed by atoms with Crippen LogP contribution in [0.4, 0.5) is 5.82 Å². The number of carbonyl (C=O) groups is 2. The minimum atomic E-state index is -0.381. The molecule has 6 heteroatoms. The van der Waals surface area contributed by atoms with Crippen molar-refractivity contribution in [1.82, 2.24) is 9.88 Å². The third-order valence-corrected chi connectivity index (χ3v) is 6.01. The fourth-order valence-corrected chi connectivity index (χ4v) is 4.20. The number of aromatic nitrogens is 1. The minimum absolute atomic E-state index is 0.0333. The van der Waals surface area contributed by atoms with E-state index in [2.05, 4.69) is 10.3 Å². The zero-order valence-corrected chi connectivity index (χ0v) is 18.1. The van der Waals surface area contributed by atoms with Crippen molar-refractivity contribution in [3.63, 3.8) is 0 Å². The molecule has 0 radical (unpaired) electrons. The van der Waals surface area contributed by atoms with Crippen molar-refractivity contribution in [3.05, 3.63) is 18.3 Å². The SMILES string of the molecule is CC(C)(C)C(=O)N1CCC(C(=O)Nc2ncccc2OCC2CCCCC2)CC1. The lowest BCUT2D eigenvalue weighted by molar-refractivity contribution is -0.142. The molecule has 1 N–H and O–H groups in total. The van der Waals surface area contributed by atoms with E-state index in [9.17, 15) is 9.59 Å². The molecule has 2 amide bonds. The average molecular weight is 402 g/mol. The summed E-state index contributed by atoms with van der Waals surface area (Å²) < 4.78 is 6.02. The van der Waals surface area contributed by atoms with Gasteiger partial charge in [0.2, 0.25) is 11.8 Å². The highest BCUT2D eigenvalue weighted by Gasteiger charge is 2.32. The van der Waals surface area contributed by atoms with Crippen molar-refractivity contribution in [3.8, 4) is 5.75 Å². The van der Waals surface area contributed by atoms with E-state index in [4.69, 9.17) is 4.74 Å². The van der Waals surface area contributed by atoms with E-state index < -0.39 is 0 Å². The van der Waals surface area contributed by atoms with Crippen LogP contribution in [0.25, 0.3) is 0 Å².